The van der Waals surface area contributed by atoms with Crippen molar-refractivity contribution >= 4 is 0 Å². The molecule has 1 fully saturated rings. The number of rotatable bonds is 7. The first kappa shape index (κ1) is 16.9. The van der Waals surface area contributed by atoms with Gasteiger partial charge in [-0.05, 0) is 58.0 Å². The zero-order chi connectivity index (χ0) is 14.5. The predicted molar refractivity (Wildman–Crippen MR) is 82.4 cm³/mol. The van der Waals surface area contributed by atoms with Crippen molar-refractivity contribution in [1.82, 2.24) is 10.2 Å². The quantitative estimate of drug-likeness (QED) is 0.746. The summed E-state index contributed by atoms with van der Waals surface area (Å²) in [5.41, 5.74) is -0.106. The van der Waals surface area contributed by atoms with Gasteiger partial charge in [0.15, 0.2) is 0 Å². The standard InChI is InChI=1S/C16H34N2O/c1-6-17-16(5,12-19)8-7-9-18-11-13(2)10-14(3)15(18)4/h13-15,17,19H,6-12H2,1-5H3. The second-order valence-electron chi connectivity index (χ2n) is 6.91. The third-order valence-electron chi connectivity index (χ3n) is 4.85. The molecule has 0 aliphatic carbocycles. The monoisotopic (exact) mass is 270 g/mol. The fraction of sp³-hybridized carbons (Fsp3) is 1.00. The Labute approximate surface area is 119 Å². The highest BCUT2D eigenvalue weighted by Gasteiger charge is 2.29. The molecule has 0 spiro atoms. The average molecular weight is 270 g/mol. The van der Waals surface area contributed by atoms with Gasteiger partial charge in [-0.15, -0.1) is 0 Å². The number of piperidine rings is 1. The molecule has 4 atom stereocenters. The summed E-state index contributed by atoms with van der Waals surface area (Å²) in [6.45, 7) is 14.9. The van der Waals surface area contributed by atoms with E-state index in [9.17, 15) is 5.11 Å². The van der Waals surface area contributed by atoms with E-state index in [4.69, 9.17) is 0 Å². The summed E-state index contributed by atoms with van der Waals surface area (Å²) in [6, 6.07) is 0.704. The van der Waals surface area contributed by atoms with Gasteiger partial charge in [0.05, 0.1) is 6.61 Å². The Morgan fingerprint density at radius 2 is 2.00 bits per heavy atom. The fourth-order valence-corrected chi connectivity index (χ4v) is 3.45. The number of likely N-dealkylation sites (tertiary alicyclic amines) is 1. The van der Waals surface area contributed by atoms with E-state index in [1.54, 1.807) is 0 Å². The van der Waals surface area contributed by atoms with Crippen molar-refractivity contribution < 1.29 is 5.11 Å². The van der Waals surface area contributed by atoms with Gasteiger partial charge in [-0.3, -0.25) is 0 Å². The van der Waals surface area contributed by atoms with Gasteiger partial charge in [0.1, 0.15) is 0 Å². The lowest BCUT2D eigenvalue weighted by molar-refractivity contribution is 0.0731. The van der Waals surface area contributed by atoms with Crippen molar-refractivity contribution in [3.05, 3.63) is 0 Å². The van der Waals surface area contributed by atoms with Crippen LogP contribution in [-0.2, 0) is 0 Å². The molecular formula is C16H34N2O. The highest BCUT2D eigenvalue weighted by Crippen LogP contribution is 2.27. The molecule has 3 heteroatoms. The van der Waals surface area contributed by atoms with Crippen molar-refractivity contribution in [3.8, 4) is 0 Å². The Hall–Kier alpha value is -0.120. The van der Waals surface area contributed by atoms with Gasteiger partial charge in [0.25, 0.3) is 0 Å². The molecule has 114 valence electrons. The van der Waals surface area contributed by atoms with Gasteiger partial charge in [0.2, 0.25) is 0 Å². The second-order valence-corrected chi connectivity index (χ2v) is 6.91. The van der Waals surface area contributed by atoms with Crippen LogP contribution in [-0.4, -0.2) is 47.8 Å². The van der Waals surface area contributed by atoms with Crippen molar-refractivity contribution in [1.29, 1.82) is 0 Å². The number of aliphatic hydroxyl groups excluding tert-OH is 1. The van der Waals surface area contributed by atoms with Gasteiger partial charge in [-0.1, -0.05) is 20.8 Å². The van der Waals surface area contributed by atoms with Crippen molar-refractivity contribution in [3.63, 3.8) is 0 Å². The minimum absolute atomic E-state index is 0.106. The van der Waals surface area contributed by atoms with Gasteiger partial charge < -0.3 is 15.3 Å². The molecule has 1 rings (SSSR count). The Morgan fingerprint density at radius 1 is 1.32 bits per heavy atom. The van der Waals surface area contributed by atoms with E-state index in [-0.39, 0.29) is 12.1 Å². The third-order valence-corrected chi connectivity index (χ3v) is 4.85. The number of hydrogen-bond donors (Lipinski definition) is 2. The smallest absolute Gasteiger partial charge is 0.0610 e. The lowest BCUT2D eigenvalue weighted by Gasteiger charge is -2.41. The summed E-state index contributed by atoms with van der Waals surface area (Å²) < 4.78 is 0. The molecule has 0 aromatic heterocycles. The topological polar surface area (TPSA) is 35.5 Å². The molecule has 3 nitrogen and oxygen atoms in total. The van der Waals surface area contributed by atoms with Gasteiger partial charge >= 0.3 is 0 Å². The van der Waals surface area contributed by atoms with Gasteiger partial charge in [0, 0.05) is 18.1 Å². The molecule has 2 N–H and O–H groups in total. The molecule has 0 radical (unpaired) electrons. The highest BCUT2D eigenvalue weighted by molar-refractivity contribution is 4.85. The predicted octanol–water partition coefficient (Wildman–Crippen LogP) is 2.49. The van der Waals surface area contributed by atoms with E-state index in [0.29, 0.717) is 6.04 Å². The molecule has 4 unspecified atom stereocenters. The minimum atomic E-state index is -0.106. The maximum absolute atomic E-state index is 9.51. The summed E-state index contributed by atoms with van der Waals surface area (Å²) in [5, 5.41) is 12.9. The lowest BCUT2D eigenvalue weighted by atomic mass is 9.85. The van der Waals surface area contributed by atoms with Crippen LogP contribution in [0.3, 0.4) is 0 Å². The fourth-order valence-electron chi connectivity index (χ4n) is 3.45. The van der Waals surface area contributed by atoms with Crippen LogP contribution < -0.4 is 5.32 Å². The highest BCUT2D eigenvalue weighted by atomic mass is 16.3. The maximum Gasteiger partial charge on any atom is 0.0610 e. The maximum atomic E-state index is 9.51. The first-order valence-corrected chi connectivity index (χ1v) is 8.01. The Balaban J connectivity index is 2.39. The summed E-state index contributed by atoms with van der Waals surface area (Å²) in [6.07, 6.45) is 3.57. The zero-order valence-electron chi connectivity index (χ0n) is 13.6. The molecule has 0 aromatic carbocycles. The molecular weight excluding hydrogens is 236 g/mol. The first-order valence-electron chi connectivity index (χ1n) is 8.01. The Kier molecular flexibility index (Phi) is 6.78. The molecule has 1 heterocycles. The molecule has 0 amide bonds. The molecule has 0 aromatic rings. The Morgan fingerprint density at radius 3 is 2.58 bits per heavy atom. The number of nitrogens with zero attached hydrogens (tertiary/aromatic N) is 1. The molecule has 0 bridgehead atoms. The SMILES string of the molecule is CCNC(C)(CO)CCCN1CC(C)CC(C)C1C. The first-order chi connectivity index (χ1) is 8.91. The number of likely N-dealkylation sites (N-methyl/N-ethyl adjacent to an activating group) is 1. The third kappa shape index (κ3) is 5.05. The van der Waals surface area contributed by atoms with Gasteiger partial charge in [-0.25, -0.2) is 0 Å². The molecule has 1 aliphatic heterocycles. The second kappa shape index (κ2) is 7.61. The van der Waals surface area contributed by atoms with Crippen LogP contribution in [0.4, 0.5) is 0 Å². The molecule has 1 saturated heterocycles. The van der Waals surface area contributed by atoms with E-state index in [0.717, 1.165) is 37.8 Å². The summed E-state index contributed by atoms with van der Waals surface area (Å²) >= 11 is 0. The lowest BCUT2D eigenvalue weighted by Crippen LogP contribution is -2.48. The van der Waals surface area contributed by atoms with Crippen LogP contribution in [0.25, 0.3) is 0 Å². The molecule has 0 saturated carbocycles. The summed E-state index contributed by atoms with van der Waals surface area (Å²) in [5.74, 6) is 1.63. The van der Waals surface area contributed by atoms with Crippen LogP contribution in [0.1, 0.15) is 53.9 Å². The number of hydrogen-bond acceptors (Lipinski definition) is 3. The molecule has 1 aliphatic rings. The van der Waals surface area contributed by atoms with E-state index < -0.39 is 0 Å². The number of nitrogens with one attached hydrogen (secondary N) is 1. The van der Waals surface area contributed by atoms with Crippen molar-refractivity contribution in [2.75, 3.05) is 26.2 Å². The summed E-state index contributed by atoms with van der Waals surface area (Å²) in [4.78, 5) is 2.64. The van der Waals surface area contributed by atoms with Crippen LogP contribution >= 0.6 is 0 Å². The van der Waals surface area contributed by atoms with Crippen molar-refractivity contribution in [2.45, 2.75) is 65.5 Å². The van der Waals surface area contributed by atoms with Crippen LogP contribution in [0.15, 0.2) is 0 Å². The van der Waals surface area contributed by atoms with Crippen LogP contribution in [0.5, 0.6) is 0 Å². The minimum Gasteiger partial charge on any atom is -0.394 e. The zero-order valence-corrected chi connectivity index (χ0v) is 13.6. The van der Waals surface area contributed by atoms with E-state index in [1.165, 1.54) is 13.0 Å². The van der Waals surface area contributed by atoms with Gasteiger partial charge in [-0.2, -0.15) is 0 Å². The normalized spacial score (nSPS) is 32.2. The summed E-state index contributed by atoms with van der Waals surface area (Å²) in [7, 11) is 0. The van der Waals surface area contributed by atoms with E-state index in [2.05, 4.69) is 44.8 Å². The van der Waals surface area contributed by atoms with Crippen LogP contribution in [0.2, 0.25) is 0 Å². The Bertz CT molecular complexity index is 259. The van der Waals surface area contributed by atoms with Crippen LogP contribution in [0, 0.1) is 11.8 Å². The number of aliphatic hydroxyl groups is 1. The van der Waals surface area contributed by atoms with E-state index in [1.807, 2.05) is 0 Å². The molecule has 19 heavy (non-hydrogen) atoms. The van der Waals surface area contributed by atoms with E-state index >= 15 is 0 Å². The largest absolute Gasteiger partial charge is 0.394 e. The van der Waals surface area contributed by atoms with Crippen molar-refractivity contribution in [2.24, 2.45) is 11.8 Å². The average Bonchev–Trinajstić information content (AvgIpc) is 2.35.